The molecule has 1 aliphatic rings. The van der Waals surface area contributed by atoms with E-state index in [0.717, 1.165) is 16.5 Å². The summed E-state index contributed by atoms with van der Waals surface area (Å²) < 4.78 is 0. The van der Waals surface area contributed by atoms with Crippen LogP contribution in [0.4, 0.5) is 5.69 Å². The number of carbonyl (C=O) groups is 3. The number of carbonyl (C=O) groups excluding carboxylic acids is 3. The number of halogens is 1. The van der Waals surface area contributed by atoms with Crippen molar-refractivity contribution in [2.75, 3.05) is 11.9 Å². The molecule has 1 aromatic heterocycles. The van der Waals surface area contributed by atoms with Gasteiger partial charge in [0, 0.05) is 35.1 Å². The van der Waals surface area contributed by atoms with E-state index >= 15 is 0 Å². The lowest BCUT2D eigenvalue weighted by Crippen LogP contribution is -2.42. The monoisotopic (exact) mass is 424 g/mol. The van der Waals surface area contributed by atoms with E-state index in [2.05, 4.69) is 20.9 Å². The van der Waals surface area contributed by atoms with Gasteiger partial charge in [-0.2, -0.15) is 0 Å². The summed E-state index contributed by atoms with van der Waals surface area (Å²) in [5.41, 5.74) is 2.96. The van der Waals surface area contributed by atoms with Crippen molar-refractivity contribution in [3.8, 4) is 0 Å². The Balaban J connectivity index is 1.28. The van der Waals surface area contributed by atoms with Crippen molar-refractivity contribution in [1.29, 1.82) is 0 Å². The molecule has 1 unspecified atom stereocenters. The zero-order valence-corrected chi connectivity index (χ0v) is 16.9. The zero-order chi connectivity index (χ0) is 21.1. The van der Waals surface area contributed by atoms with Crippen molar-refractivity contribution in [3.05, 3.63) is 64.8 Å². The number of rotatable bonds is 6. The highest BCUT2D eigenvalue weighted by Gasteiger charge is 2.27. The molecular formula is C22H21ClN4O3. The van der Waals surface area contributed by atoms with Crippen LogP contribution in [0.1, 0.15) is 28.8 Å². The highest BCUT2D eigenvalue weighted by molar-refractivity contribution is 6.31. The Bertz CT molecular complexity index is 1120. The van der Waals surface area contributed by atoms with Gasteiger partial charge in [-0.3, -0.25) is 14.4 Å². The van der Waals surface area contributed by atoms with Crippen LogP contribution in [0, 0.1) is 0 Å². The van der Waals surface area contributed by atoms with Gasteiger partial charge in [-0.15, -0.1) is 0 Å². The van der Waals surface area contributed by atoms with Crippen LogP contribution in [0.5, 0.6) is 0 Å². The second kappa shape index (κ2) is 8.59. The summed E-state index contributed by atoms with van der Waals surface area (Å²) in [6, 6.07) is 11.7. The van der Waals surface area contributed by atoms with Crippen LogP contribution in [0.2, 0.25) is 5.02 Å². The molecule has 4 N–H and O–H groups in total. The first kappa shape index (κ1) is 20.0. The smallest absolute Gasteiger partial charge is 0.254 e. The predicted molar refractivity (Wildman–Crippen MR) is 116 cm³/mol. The molecular weight excluding hydrogens is 404 g/mol. The molecule has 0 fully saturated rings. The molecule has 0 radical (unpaired) electrons. The van der Waals surface area contributed by atoms with E-state index < -0.39 is 6.04 Å². The third kappa shape index (κ3) is 4.31. The maximum Gasteiger partial charge on any atom is 0.254 e. The predicted octanol–water partition coefficient (Wildman–Crippen LogP) is 3.01. The highest BCUT2D eigenvalue weighted by atomic mass is 35.5. The number of aromatic amines is 1. The third-order valence-electron chi connectivity index (χ3n) is 5.16. The number of anilines is 1. The van der Waals surface area contributed by atoms with E-state index in [1.807, 2.05) is 24.4 Å². The Kier molecular flexibility index (Phi) is 5.72. The van der Waals surface area contributed by atoms with Gasteiger partial charge in [0.2, 0.25) is 11.8 Å². The Morgan fingerprint density at radius 1 is 1.13 bits per heavy atom. The molecule has 7 nitrogen and oxygen atoms in total. The maximum atomic E-state index is 12.4. The molecule has 154 valence electrons. The molecule has 3 aromatic rings. The van der Waals surface area contributed by atoms with Gasteiger partial charge in [0.1, 0.15) is 6.04 Å². The first-order chi connectivity index (χ1) is 14.5. The third-order valence-corrected chi connectivity index (χ3v) is 5.39. The van der Waals surface area contributed by atoms with Crippen molar-refractivity contribution in [2.45, 2.75) is 25.3 Å². The Morgan fingerprint density at radius 3 is 2.83 bits per heavy atom. The lowest BCUT2D eigenvalue weighted by molar-refractivity contribution is -0.121. The molecule has 0 bridgehead atoms. The minimum Gasteiger partial charge on any atom is -0.361 e. The van der Waals surface area contributed by atoms with E-state index in [1.54, 1.807) is 24.3 Å². The number of nitrogens with one attached hydrogen (secondary N) is 4. The Hall–Kier alpha value is -3.32. The zero-order valence-electron chi connectivity index (χ0n) is 16.1. The van der Waals surface area contributed by atoms with Crippen LogP contribution in [0.25, 0.3) is 10.9 Å². The SMILES string of the molecule is O=C(CCC1NC(=O)c2ccccc2NC1=O)NCCc1c[nH]c2ccc(Cl)cc12. The van der Waals surface area contributed by atoms with Crippen LogP contribution in [-0.4, -0.2) is 35.3 Å². The molecule has 0 saturated heterocycles. The molecule has 4 rings (SSSR count). The Morgan fingerprint density at radius 2 is 1.97 bits per heavy atom. The molecule has 1 atom stereocenters. The first-order valence-corrected chi connectivity index (χ1v) is 10.1. The van der Waals surface area contributed by atoms with Crippen molar-refractivity contribution >= 4 is 45.9 Å². The minimum atomic E-state index is -0.758. The molecule has 3 amide bonds. The number of H-pyrrole nitrogens is 1. The van der Waals surface area contributed by atoms with Crippen molar-refractivity contribution < 1.29 is 14.4 Å². The normalized spacial score (nSPS) is 15.8. The van der Waals surface area contributed by atoms with Crippen LogP contribution >= 0.6 is 11.6 Å². The summed E-state index contributed by atoms with van der Waals surface area (Å²) >= 11 is 6.06. The van der Waals surface area contributed by atoms with E-state index in [9.17, 15) is 14.4 Å². The molecule has 0 spiro atoms. The fraction of sp³-hybridized carbons (Fsp3) is 0.227. The number of fused-ring (bicyclic) bond motifs is 2. The van der Waals surface area contributed by atoms with Crippen LogP contribution in [0.3, 0.4) is 0 Å². The number of benzene rings is 2. The van der Waals surface area contributed by atoms with E-state index in [-0.39, 0.29) is 30.6 Å². The second-order valence-electron chi connectivity index (χ2n) is 7.20. The van der Waals surface area contributed by atoms with Gasteiger partial charge in [0.15, 0.2) is 0 Å². The fourth-order valence-corrected chi connectivity index (χ4v) is 3.74. The van der Waals surface area contributed by atoms with E-state index in [0.29, 0.717) is 29.2 Å². The number of aromatic nitrogens is 1. The fourth-order valence-electron chi connectivity index (χ4n) is 3.57. The molecule has 2 aromatic carbocycles. The van der Waals surface area contributed by atoms with Gasteiger partial charge >= 0.3 is 0 Å². The number of amides is 3. The summed E-state index contributed by atoms with van der Waals surface area (Å²) in [7, 11) is 0. The largest absolute Gasteiger partial charge is 0.361 e. The number of hydrogen-bond donors (Lipinski definition) is 4. The summed E-state index contributed by atoms with van der Waals surface area (Å²) in [5.74, 6) is -0.819. The summed E-state index contributed by atoms with van der Waals surface area (Å²) in [5, 5.41) is 10.0. The molecule has 0 aliphatic carbocycles. The molecule has 8 heteroatoms. The molecule has 2 heterocycles. The standard InChI is InChI=1S/C22H21ClN4O3/c23-14-5-6-17-16(11-14)13(12-25-17)9-10-24-20(28)8-7-19-22(30)26-18-4-2-1-3-15(18)21(29)27-19/h1-6,11-12,19,25H,7-10H2,(H,24,28)(H,26,30)(H,27,29). The van der Waals surface area contributed by atoms with Gasteiger partial charge in [-0.1, -0.05) is 23.7 Å². The van der Waals surface area contributed by atoms with Crippen LogP contribution in [-0.2, 0) is 16.0 Å². The molecule has 30 heavy (non-hydrogen) atoms. The van der Waals surface area contributed by atoms with Crippen LogP contribution < -0.4 is 16.0 Å². The lowest BCUT2D eigenvalue weighted by Gasteiger charge is -2.14. The summed E-state index contributed by atoms with van der Waals surface area (Å²) in [4.78, 5) is 40.1. The van der Waals surface area contributed by atoms with E-state index in [1.165, 1.54) is 0 Å². The van der Waals surface area contributed by atoms with Crippen molar-refractivity contribution in [1.82, 2.24) is 15.6 Å². The van der Waals surface area contributed by atoms with Gasteiger partial charge in [0.05, 0.1) is 11.3 Å². The average Bonchev–Trinajstić information content (AvgIpc) is 3.07. The second-order valence-corrected chi connectivity index (χ2v) is 7.64. The highest BCUT2D eigenvalue weighted by Crippen LogP contribution is 2.22. The summed E-state index contributed by atoms with van der Waals surface area (Å²) in [6.07, 6.45) is 2.92. The Labute approximate surface area is 178 Å². The van der Waals surface area contributed by atoms with Gasteiger partial charge < -0.3 is 20.9 Å². The lowest BCUT2D eigenvalue weighted by atomic mass is 10.1. The first-order valence-electron chi connectivity index (χ1n) is 9.74. The maximum absolute atomic E-state index is 12.4. The van der Waals surface area contributed by atoms with Gasteiger partial charge in [0.25, 0.3) is 5.91 Å². The van der Waals surface area contributed by atoms with Gasteiger partial charge in [-0.05, 0) is 48.7 Å². The van der Waals surface area contributed by atoms with E-state index in [4.69, 9.17) is 11.6 Å². The van der Waals surface area contributed by atoms with Gasteiger partial charge in [-0.25, -0.2) is 0 Å². The topological polar surface area (TPSA) is 103 Å². The van der Waals surface area contributed by atoms with Crippen molar-refractivity contribution in [3.63, 3.8) is 0 Å². The quantitative estimate of drug-likeness (QED) is 0.489. The molecule has 0 saturated carbocycles. The number of para-hydroxylation sites is 1. The molecule has 1 aliphatic heterocycles. The number of hydrogen-bond acceptors (Lipinski definition) is 3. The minimum absolute atomic E-state index is 0.133. The summed E-state index contributed by atoms with van der Waals surface area (Å²) in [6.45, 7) is 0.465. The average molecular weight is 425 g/mol. The van der Waals surface area contributed by atoms with Crippen LogP contribution in [0.15, 0.2) is 48.7 Å². The van der Waals surface area contributed by atoms with Crippen molar-refractivity contribution in [2.24, 2.45) is 0 Å².